The number of hydrogen-bond donors (Lipinski definition) is 2. The molecule has 2 rings (SSSR count). The van der Waals surface area contributed by atoms with Gasteiger partial charge in [-0.25, -0.2) is 0 Å². The van der Waals surface area contributed by atoms with Crippen molar-refractivity contribution in [1.82, 2.24) is 15.3 Å². The fourth-order valence-corrected chi connectivity index (χ4v) is 1.89. The molecule has 2 aromatic rings. The summed E-state index contributed by atoms with van der Waals surface area (Å²) in [6.45, 7) is 5.29. The lowest BCUT2D eigenvalue weighted by molar-refractivity contribution is 0.0319. The van der Waals surface area contributed by atoms with Crippen molar-refractivity contribution >= 4 is 48.3 Å². The van der Waals surface area contributed by atoms with Gasteiger partial charge >= 0.3 is 0 Å². The zero-order chi connectivity index (χ0) is 14.4. The highest BCUT2D eigenvalue weighted by atomic mass is 35.5. The summed E-state index contributed by atoms with van der Waals surface area (Å²) in [5.74, 6) is 0. The van der Waals surface area contributed by atoms with Gasteiger partial charge in [-0.05, 0) is 38.0 Å². The molecule has 23 heavy (non-hydrogen) atoms. The average molecular weight is 385 g/mol. The molecule has 0 atom stereocenters. The van der Waals surface area contributed by atoms with E-state index in [1.54, 1.807) is 26.2 Å². The Hall–Kier alpha value is -0.690. The zero-order valence-electron chi connectivity index (χ0n) is 13.2. The maximum absolute atomic E-state index is 9.47. The molecule has 1 heterocycles. The molecule has 0 aliphatic heterocycles. The van der Waals surface area contributed by atoms with Crippen LogP contribution in [-0.2, 0) is 11.2 Å². The Labute approximate surface area is 155 Å². The number of nitrogens with zero attached hydrogens (tertiary/aromatic N) is 2. The second-order valence-electron chi connectivity index (χ2n) is 5.23. The van der Waals surface area contributed by atoms with Gasteiger partial charge in [-0.2, -0.15) is 0 Å². The van der Waals surface area contributed by atoms with E-state index in [9.17, 15) is 5.11 Å². The molecule has 0 unspecified atom stereocenters. The predicted molar refractivity (Wildman–Crippen MR) is 100 cm³/mol. The first-order valence-electron chi connectivity index (χ1n) is 6.79. The Morgan fingerprint density at radius 2 is 1.70 bits per heavy atom. The highest BCUT2D eigenvalue weighted by molar-refractivity contribution is 5.86. The lowest BCUT2D eigenvalue weighted by Crippen LogP contribution is -2.40. The van der Waals surface area contributed by atoms with Crippen molar-refractivity contribution in [2.45, 2.75) is 26.0 Å². The highest BCUT2D eigenvalue weighted by Gasteiger charge is 2.09. The van der Waals surface area contributed by atoms with E-state index in [0.29, 0.717) is 19.8 Å². The number of rotatable bonds is 7. The van der Waals surface area contributed by atoms with Gasteiger partial charge in [0, 0.05) is 18.9 Å². The van der Waals surface area contributed by atoms with Gasteiger partial charge in [-0.3, -0.25) is 15.3 Å². The second-order valence-corrected chi connectivity index (χ2v) is 5.23. The summed E-state index contributed by atoms with van der Waals surface area (Å²) in [5.41, 5.74) is 2.16. The van der Waals surface area contributed by atoms with Crippen LogP contribution >= 0.6 is 37.2 Å². The van der Waals surface area contributed by atoms with Crippen LogP contribution in [0.2, 0.25) is 0 Å². The smallest absolute Gasteiger partial charge is 0.110 e. The third-order valence-corrected chi connectivity index (χ3v) is 2.87. The molecule has 0 aliphatic rings. The van der Waals surface area contributed by atoms with Crippen LogP contribution in [0.15, 0.2) is 30.6 Å². The van der Waals surface area contributed by atoms with E-state index >= 15 is 0 Å². The summed E-state index contributed by atoms with van der Waals surface area (Å²) in [6, 6.07) is 6.07. The van der Waals surface area contributed by atoms with Crippen LogP contribution in [-0.4, -0.2) is 40.6 Å². The molecule has 0 saturated heterocycles. The number of aromatic nitrogens is 2. The Morgan fingerprint density at radius 1 is 1.04 bits per heavy atom. The molecule has 0 amide bonds. The third-order valence-electron chi connectivity index (χ3n) is 2.87. The Bertz CT molecular complexity index is 565. The normalized spacial score (nSPS) is 10.4. The van der Waals surface area contributed by atoms with E-state index in [1.807, 2.05) is 12.1 Å². The number of nitrogens with one attached hydrogen (secondary N) is 1. The first kappa shape index (κ1) is 24.6. The van der Waals surface area contributed by atoms with Crippen molar-refractivity contribution in [3.63, 3.8) is 0 Å². The number of aliphatic hydroxyl groups is 1. The number of ether oxygens (including phenoxy) is 1. The molecule has 1 aromatic heterocycles. The predicted octanol–water partition coefficient (Wildman–Crippen LogP) is 2.77. The quantitative estimate of drug-likeness (QED) is 0.567. The molecule has 0 bridgehead atoms. The van der Waals surface area contributed by atoms with Crippen LogP contribution in [0.25, 0.3) is 11.0 Å². The molecule has 8 heteroatoms. The second kappa shape index (κ2) is 11.8. The SMILES string of the molecule is CC(C)(O)NCCOCCc1ccc2nccnc2c1.Cl.Cl.Cl. The maximum Gasteiger partial charge on any atom is 0.110 e. The van der Waals surface area contributed by atoms with E-state index in [4.69, 9.17) is 4.74 Å². The molecule has 5 nitrogen and oxygen atoms in total. The van der Waals surface area contributed by atoms with Gasteiger partial charge < -0.3 is 9.84 Å². The first-order chi connectivity index (χ1) is 9.54. The van der Waals surface area contributed by atoms with E-state index in [0.717, 1.165) is 17.5 Å². The minimum atomic E-state index is -0.847. The van der Waals surface area contributed by atoms with E-state index in [2.05, 4.69) is 21.4 Å². The number of benzene rings is 1. The molecule has 0 spiro atoms. The Morgan fingerprint density at radius 3 is 2.35 bits per heavy atom. The molecule has 0 radical (unpaired) electrons. The monoisotopic (exact) mass is 383 g/mol. The first-order valence-corrected chi connectivity index (χ1v) is 6.79. The standard InChI is InChI=1S/C15H21N3O2.3ClH/c1-15(2,19)18-8-10-20-9-5-12-3-4-13-14(11-12)17-7-6-16-13;;;/h3-4,6-7,11,18-19H,5,8-10H2,1-2H3;3*1H. The van der Waals surface area contributed by atoms with E-state index in [1.165, 1.54) is 5.56 Å². The summed E-state index contributed by atoms with van der Waals surface area (Å²) in [4.78, 5) is 8.53. The van der Waals surface area contributed by atoms with Gasteiger partial charge in [0.25, 0.3) is 0 Å². The third kappa shape index (κ3) is 9.25. The van der Waals surface area contributed by atoms with E-state index < -0.39 is 5.72 Å². The van der Waals surface area contributed by atoms with Gasteiger partial charge in [-0.15, -0.1) is 37.2 Å². The van der Waals surface area contributed by atoms with Crippen molar-refractivity contribution in [1.29, 1.82) is 0 Å². The van der Waals surface area contributed by atoms with Crippen LogP contribution in [0, 0.1) is 0 Å². The number of fused-ring (bicyclic) bond motifs is 1. The largest absolute Gasteiger partial charge is 0.380 e. The molecule has 0 aliphatic carbocycles. The van der Waals surface area contributed by atoms with Crippen molar-refractivity contribution in [3.8, 4) is 0 Å². The van der Waals surface area contributed by atoms with Crippen molar-refractivity contribution < 1.29 is 9.84 Å². The summed E-state index contributed by atoms with van der Waals surface area (Å²) < 4.78 is 5.54. The minimum absolute atomic E-state index is 0. The average Bonchev–Trinajstić information content (AvgIpc) is 2.41. The van der Waals surface area contributed by atoms with Crippen molar-refractivity contribution in [2.24, 2.45) is 0 Å². The van der Waals surface area contributed by atoms with Crippen LogP contribution in [0.3, 0.4) is 0 Å². The molecular weight excluding hydrogens is 361 g/mol. The summed E-state index contributed by atoms with van der Waals surface area (Å²) in [7, 11) is 0. The van der Waals surface area contributed by atoms with Crippen LogP contribution in [0.1, 0.15) is 19.4 Å². The Kier molecular flexibility index (Phi) is 12.6. The van der Waals surface area contributed by atoms with Gasteiger partial charge in [-0.1, -0.05) is 6.07 Å². The molecule has 2 N–H and O–H groups in total. The van der Waals surface area contributed by atoms with E-state index in [-0.39, 0.29) is 37.2 Å². The molecule has 1 aromatic carbocycles. The topological polar surface area (TPSA) is 67.3 Å². The lowest BCUT2D eigenvalue weighted by Gasteiger charge is -2.18. The number of hydrogen-bond acceptors (Lipinski definition) is 5. The highest BCUT2D eigenvalue weighted by Crippen LogP contribution is 2.11. The van der Waals surface area contributed by atoms with Crippen LogP contribution < -0.4 is 5.32 Å². The molecule has 0 fully saturated rings. The summed E-state index contributed by atoms with van der Waals surface area (Å²) >= 11 is 0. The van der Waals surface area contributed by atoms with Crippen LogP contribution in [0.4, 0.5) is 0 Å². The van der Waals surface area contributed by atoms with Crippen molar-refractivity contribution in [3.05, 3.63) is 36.2 Å². The lowest BCUT2D eigenvalue weighted by atomic mass is 10.1. The fourth-order valence-electron chi connectivity index (χ4n) is 1.89. The van der Waals surface area contributed by atoms with Gasteiger partial charge in [0.1, 0.15) is 5.72 Å². The molecule has 0 saturated carbocycles. The molecular formula is C15H24Cl3N3O2. The summed E-state index contributed by atoms with van der Waals surface area (Å²) in [5, 5.41) is 12.4. The maximum atomic E-state index is 9.47. The van der Waals surface area contributed by atoms with Gasteiger partial charge in [0.05, 0.1) is 24.2 Å². The molecule has 132 valence electrons. The van der Waals surface area contributed by atoms with Gasteiger partial charge in [0.15, 0.2) is 0 Å². The minimum Gasteiger partial charge on any atom is -0.380 e. The van der Waals surface area contributed by atoms with Crippen molar-refractivity contribution in [2.75, 3.05) is 19.8 Å². The Balaban J connectivity index is 0. The number of halogens is 3. The van der Waals surface area contributed by atoms with Crippen LogP contribution in [0.5, 0.6) is 0 Å². The van der Waals surface area contributed by atoms with Gasteiger partial charge in [0.2, 0.25) is 0 Å². The fraction of sp³-hybridized carbons (Fsp3) is 0.467. The summed E-state index contributed by atoms with van der Waals surface area (Å²) in [6.07, 6.45) is 4.24. The zero-order valence-corrected chi connectivity index (χ0v) is 15.6.